The molecule has 0 saturated heterocycles. The molecule has 1 aromatic carbocycles. The van der Waals surface area contributed by atoms with Gasteiger partial charge in [-0.3, -0.25) is 19.1 Å². The van der Waals surface area contributed by atoms with Crippen LogP contribution in [0.4, 0.5) is 17.2 Å². The number of carbonyl (C=O) groups is 3. The first-order chi connectivity index (χ1) is 16.0. The Labute approximate surface area is 189 Å². The second-order valence-electron chi connectivity index (χ2n) is 6.75. The normalized spacial score (nSPS) is 10.1. The number of rotatable bonds is 9. The summed E-state index contributed by atoms with van der Waals surface area (Å²) in [5, 5.41) is 23.3. The molecule has 0 saturated carbocycles. The van der Waals surface area contributed by atoms with E-state index in [9.17, 15) is 14.4 Å². The average Bonchev–Trinajstić information content (AvgIpc) is 3.24. The Hall–Kier alpha value is -4.79. The summed E-state index contributed by atoms with van der Waals surface area (Å²) >= 11 is 0. The number of nitrogens with zero attached hydrogens (tertiary/aromatic N) is 5. The van der Waals surface area contributed by atoms with Gasteiger partial charge in [0.25, 0.3) is 0 Å². The van der Waals surface area contributed by atoms with Crippen LogP contribution in [0.5, 0.6) is 0 Å². The lowest BCUT2D eigenvalue weighted by atomic mass is 10.1. The Kier molecular flexibility index (Phi) is 7.63. The largest absolute Gasteiger partial charge is 0.358 e. The number of hydrogen-bond donors (Lipinski definition) is 4. The van der Waals surface area contributed by atoms with Crippen molar-refractivity contribution >= 4 is 34.9 Å². The van der Waals surface area contributed by atoms with Gasteiger partial charge in [-0.15, -0.1) is 0 Å². The van der Waals surface area contributed by atoms with Crippen molar-refractivity contribution in [3.05, 3.63) is 49.1 Å². The number of amides is 3. The molecule has 3 rings (SSSR count). The lowest BCUT2D eigenvalue weighted by Crippen LogP contribution is -2.32. The summed E-state index contributed by atoms with van der Waals surface area (Å²) in [6.45, 7) is -0.131. The van der Waals surface area contributed by atoms with Crippen LogP contribution in [-0.2, 0) is 20.9 Å². The van der Waals surface area contributed by atoms with Crippen LogP contribution in [0, 0.1) is 11.3 Å². The maximum absolute atomic E-state index is 12.0. The zero-order valence-corrected chi connectivity index (χ0v) is 17.7. The molecule has 0 fully saturated rings. The maximum Gasteiger partial charge on any atom is 0.243 e. The number of nitriles is 1. The summed E-state index contributed by atoms with van der Waals surface area (Å²) in [6.07, 6.45) is 4.36. The summed E-state index contributed by atoms with van der Waals surface area (Å²) < 4.78 is 1.50. The highest BCUT2D eigenvalue weighted by Gasteiger charge is 2.09. The molecule has 0 aliphatic rings. The van der Waals surface area contributed by atoms with E-state index in [0.29, 0.717) is 22.9 Å². The number of anilines is 3. The van der Waals surface area contributed by atoms with E-state index in [0.717, 1.165) is 5.56 Å². The van der Waals surface area contributed by atoms with Crippen LogP contribution >= 0.6 is 0 Å². The predicted octanol–water partition coefficient (Wildman–Crippen LogP) is 0.798. The Morgan fingerprint density at radius 1 is 1.09 bits per heavy atom. The van der Waals surface area contributed by atoms with Crippen molar-refractivity contribution in [1.82, 2.24) is 30.4 Å². The first kappa shape index (κ1) is 22.9. The van der Waals surface area contributed by atoms with Crippen LogP contribution in [0.3, 0.4) is 0 Å². The van der Waals surface area contributed by atoms with E-state index in [1.54, 1.807) is 49.8 Å². The number of hydrogen-bond acceptors (Lipinski definition) is 8. The van der Waals surface area contributed by atoms with E-state index in [1.165, 1.54) is 11.0 Å². The van der Waals surface area contributed by atoms with E-state index >= 15 is 0 Å². The molecule has 2 aromatic heterocycles. The van der Waals surface area contributed by atoms with Gasteiger partial charge in [-0.05, 0) is 12.1 Å². The van der Waals surface area contributed by atoms with Crippen LogP contribution in [0.2, 0.25) is 0 Å². The fourth-order valence-corrected chi connectivity index (χ4v) is 2.75. The lowest BCUT2D eigenvalue weighted by Gasteiger charge is -2.09. The van der Waals surface area contributed by atoms with Crippen molar-refractivity contribution in [2.24, 2.45) is 0 Å². The van der Waals surface area contributed by atoms with Crippen LogP contribution in [0.15, 0.2) is 49.1 Å². The molecule has 0 unspecified atom stereocenters. The van der Waals surface area contributed by atoms with Gasteiger partial charge in [0.2, 0.25) is 17.7 Å². The van der Waals surface area contributed by atoms with Gasteiger partial charge in [0.1, 0.15) is 25.1 Å². The fraction of sp³-hybridized carbons (Fsp3) is 0.190. The number of likely N-dealkylation sites (N-methyl/N-ethyl adjacent to an activating group) is 1. The SMILES string of the molecule is CNC(=O)Cn1cc(Nc2cc(-c3cccc(NC(=O)CNC(=O)CC#N)c3)ncn2)cn1. The summed E-state index contributed by atoms with van der Waals surface area (Å²) in [6, 6.07) is 10.5. The standard InChI is InChI=1S/C21H21N9O3/c1-23-21(33)12-30-11-16(9-27-30)28-18-8-17(25-13-26-18)14-3-2-4-15(7-14)29-20(32)10-24-19(31)5-6-22/h2-4,7-9,11,13H,5,10,12H2,1H3,(H,23,33)(H,24,31)(H,29,32)(H,25,26,28). The smallest absolute Gasteiger partial charge is 0.243 e. The molecule has 4 N–H and O–H groups in total. The summed E-state index contributed by atoms with van der Waals surface area (Å²) in [5.41, 5.74) is 2.53. The Bertz CT molecular complexity index is 1200. The highest BCUT2D eigenvalue weighted by atomic mass is 16.2. The molecule has 33 heavy (non-hydrogen) atoms. The minimum atomic E-state index is -0.512. The third kappa shape index (κ3) is 6.86. The van der Waals surface area contributed by atoms with Crippen molar-refractivity contribution in [1.29, 1.82) is 5.26 Å². The van der Waals surface area contributed by atoms with E-state index in [1.807, 2.05) is 6.07 Å². The van der Waals surface area contributed by atoms with Crippen molar-refractivity contribution in [2.45, 2.75) is 13.0 Å². The molecule has 168 valence electrons. The minimum absolute atomic E-state index is 0.105. The molecule has 12 heteroatoms. The average molecular weight is 447 g/mol. The molecule has 3 amide bonds. The van der Waals surface area contributed by atoms with Gasteiger partial charge in [0.05, 0.1) is 30.2 Å². The van der Waals surface area contributed by atoms with Crippen molar-refractivity contribution in [2.75, 3.05) is 24.2 Å². The number of benzene rings is 1. The zero-order valence-electron chi connectivity index (χ0n) is 17.7. The number of nitrogens with one attached hydrogen (secondary N) is 4. The highest BCUT2D eigenvalue weighted by molar-refractivity contribution is 5.95. The molecule has 0 radical (unpaired) electrons. The second-order valence-corrected chi connectivity index (χ2v) is 6.75. The third-order valence-corrected chi connectivity index (χ3v) is 4.28. The van der Waals surface area contributed by atoms with Crippen LogP contribution in [0.25, 0.3) is 11.3 Å². The van der Waals surface area contributed by atoms with Crippen LogP contribution in [-0.4, -0.2) is 51.1 Å². The number of carbonyl (C=O) groups excluding carboxylic acids is 3. The van der Waals surface area contributed by atoms with Gasteiger partial charge >= 0.3 is 0 Å². The lowest BCUT2D eigenvalue weighted by molar-refractivity contribution is -0.123. The molecule has 0 spiro atoms. The first-order valence-electron chi connectivity index (χ1n) is 9.83. The zero-order chi connectivity index (χ0) is 23.6. The monoisotopic (exact) mass is 447 g/mol. The molecule has 12 nitrogen and oxygen atoms in total. The summed E-state index contributed by atoms with van der Waals surface area (Å²) in [4.78, 5) is 43.3. The van der Waals surface area contributed by atoms with Crippen molar-refractivity contribution in [3.63, 3.8) is 0 Å². The van der Waals surface area contributed by atoms with Crippen molar-refractivity contribution < 1.29 is 14.4 Å². The Morgan fingerprint density at radius 2 is 1.94 bits per heavy atom. The van der Waals surface area contributed by atoms with E-state index < -0.39 is 11.8 Å². The van der Waals surface area contributed by atoms with E-state index in [-0.39, 0.29) is 25.4 Å². The van der Waals surface area contributed by atoms with Gasteiger partial charge in [0.15, 0.2) is 0 Å². The molecule has 0 bridgehead atoms. The highest BCUT2D eigenvalue weighted by Crippen LogP contribution is 2.23. The van der Waals surface area contributed by atoms with Gasteiger partial charge in [-0.25, -0.2) is 9.97 Å². The topological polar surface area (TPSA) is 167 Å². The molecular weight excluding hydrogens is 426 g/mol. The fourth-order valence-electron chi connectivity index (χ4n) is 2.75. The van der Waals surface area contributed by atoms with E-state index in [2.05, 4.69) is 36.3 Å². The molecule has 2 heterocycles. The maximum atomic E-state index is 12.0. The summed E-state index contributed by atoms with van der Waals surface area (Å²) in [7, 11) is 1.56. The minimum Gasteiger partial charge on any atom is -0.358 e. The van der Waals surface area contributed by atoms with Gasteiger partial charge < -0.3 is 21.3 Å². The molecule has 0 aliphatic heterocycles. The molecule has 0 atom stereocenters. The first-order valence-corrected chi connectivity index (χ1v) is 9.83. The second kappa shape index (κ2) is 11.0. The predicted molar refractivity (Wildman–Crippen MR) is 119 cm³/mol. The molecule has 3 aromatic rings. The van der Waals surface area contributed by atoms with Gasteiger partial charge in [0, 0.05) is 30.6 Å². The van der Waals surface area contributed by atoms with Gasteiger partial charge in [-0.2, -0.15) is 10.4 Å². The van der Waals surface area contributed by atoms with Crippen molar-refractivity contribution in [3.8, 4) is 17.3 Å². The Morgan fingerprint density at radius 3 is 2.73 bits per heavy atom. The third-order valence-electron chi connectivity index (χ3n) is 4.28. The number of aromatic nitrogens is 4. The van der Waals surface area contributed by atoms with E-state index in [4.69, 9.17) is 5.26 Å². The van der Waals surface area contributed by atoms with Crippen LogP contribution < -0.4 is 21.3 Å². The summed E-state index contributed by atoms with van der Waals surface area (Å²) in [5.74, 6) is -0.571. The van der Waals surface area contributed by atoms with Crippen LogP contribution in [0.1, 0.15) is 6.42 Å². The Balaban J connectivity index is 1.65. The molecule has 0 aliphatic carbocycles. The van der Waals surface area contributed by atoms with Gasteiger partial charge in [-0.1, -0.05) is 12.1 Å². The molecular formula is C21H21N9O3. The quantitative estimate of drug-likeness (QED) is 0.374.